The van der Waals surface area contributed by atoms with Crippen LogP contribution in [0.5, 0.6) is 0 Å². The molecule has 3 rings (SSSR count). The number of nitrogens with one attached hydrogen (secondary N) is 1. The van der Waals surface area contributed by atoms with Crippen molar-refractivity contribution in [2.24, 2.45) is 5.92 Å². The van der Waals surface area contributed by atoms with Gasteiger partial charge < -0.3 is 5.32 Å². The second-order valence-electron chi connectivity index (χ2n) is 6.25. The van der Waals surface area contributed by atoms with Gasteiger partial charge in [-0.1, -0.05) is 11.6 Å². The molecule has 1 atom stereocenters. The number of halogens is 4. The molecule has 0 aromatic carbocycles. The fourth-order valence-corrected chi connectivity index (χ4v) is 2.74. The number of hydrogen-bond acceptors (Lipinski definition) is 3. The number of carbonyl (C=O) groups excluding carboxylic acids is 1. The topological polar surface area (TPSA) is 64.7 Å². The minimum absolute atomic E-state index is 0.0843. The predicted molar refractivity (Wildman–Crippen MR) is 85.3 cm³/mol. The molecule has 0 aliphatic heterocycles. The number of nitrogens with zero attached hydrogens (tertiary/aromatic N) is 4. The predicted octanol–water partition coefficient (Wildman–Crippen LogP) is 3.67. The zero-order valence-electron chi connectivity index (χ0n) is 13.6. The van der Waals surface area contributed by atoms with E-state index in [1.807, 2.05) is 0 Å². The van der Waals surface area contributed by atoms with E-state index in [9.17, 15) is 18.0 Å². The first-order chi connectivity index (χ1) is 11.7. The maximum Gasteiger partial charge on any atom is 0.436 e. The van der Waals surface area contributed by atoms with Gasteiger partial charge in [-0.05, 0) is 32.6 Å². The van der Waals surface area contributed by atoms with Gasteiger partial charge in [0.2, 0.25) is 5.91 Å². The summed E-state index contributed by atoms with van der Waals surface area (Å²) in [5.41, 5.74) is -0.617. The number of hydrogen-bond donors (Lipinski definition) is 1. The van der Waals surface area contributed by atoms with Crippen LogP contribution >= 0.6 is 11.6 Å². The second-order valence-corrected chi connectivity index (χ2v) is 6.63. The van der Waals surface area contributed by atoms with Crippen LogP contribution < -0.4 is 5.32 Å². The van der Waals surface area contributed by atoms with E-state index in [1.54, 1.807) is 10.9 Å². The van der Waals surface area contributed by atoms with E-state index in [0.717, 1.165) is 11.2 Å². The molecule has 1 aliphatic rings. The Morgan fingerprint density at radius 1 is 1.48 bits per heavy atom. The lowest BCUT2D eigenvalue weighted by molar-refractivity contribution is -0.141. The van der Waals surface area contributed by atoms with Crippen LogP contribution in [0.3, 0.4) is 0 Å². The zero-order chi connectivity index (χ0) is 18.4. The molecule has 2 heterocycles. The summed E-state index contributed by atoms with van der Waals surface area (Å²) in [6.07, 6.45) is 0.899. The molecule has 1 unspecified atom stereocenters. The molecule has 0 saturated heterocycles. The van der Waals surface area contributed by atoms with Gasteiger partial charge in [0.15, 0.2) is 5.69 Å². The number of aromatic nitrogens is 4. The first-order valence-corrected chi connectivity index (χ1v) is 8.19. The Kier molecular flexibility index (Phi) is 4.52. The fourth-order valence-electron chi connectivity index (χ4n) is 2.51. The molecule has 136 valence electrons. The fraction of sp³-hybridized carbons (Fsp3) is 0.533. The van der Waals surface area contributed by atoms with Crippen molar-refractivity contribution in [2.75, 3.05) is 5.32 Å². The van der Waals surface area contributed by atoms with E-state index >= 15 is 0 Å². The normalized spacial score (nSPS) is 16.1. The summed E-state index contributed by atoms with van der Waals surface area (Å²) in [5.74, 6) is 0.138. The molecule has 2 aromatic heterocycles. The van der Waals surface area contributed by atoms with E-state index < -0.39 is 28.8 Å². The highest BCUT2D eigenvalue weighted by Gasteiger charge is 2.39. The quantitative estimate of drug-likeness (QED) is 0.867. The summed E-state index contributed by atoms with van der Waals surface area (Å²) in [6, 6.07) is -0.958. The molecule has 0 radical (unpaired) electrons. The van der Waals surface area contributed by atoms with Crippen molar-refractivity contribution < 1.29 is 18.0 Å². The highest BCUT2D eigenvalue weighted by Crippen LogP contribution is 2.36. The number of rotatable bonds is 5. The molecular weight excluding hydrogens is 359 g/mol. The van der Waals surface area contributed by atoms with E-state index in [-0.39, 0.29) is 5.69 Å². The third-order valence-corrected chi connectivity index (χ3v) is 4.59. The Hall–Kier alpha value is -2.03. The Balaban J connectivity index is 1.72. The largest absolute Gasteiger partial charge is 0.436 e. The van der Waals surface area contributed by atoms with Crippen LogP contribution in [0.4, 0.5) is 18.9 Å². The zero-order valence-corrected chi connectivity index (χ0v) is 14.4. The smallest absolute Gasteiger partial charge is 0.322 e. The van der Waals surface area contributed by atoms with Crippen LogP contribution in [0.2, 0.25) is 5.02 Å². The molecule has 25 heavy (non-hydrogen) atoms. The second kappa shape index (κ2) is 6.36. The van der Waals surface area contributed by atoms with E-state index in [1.165, 1.54) is 32.9 Å². The van der Waals surface area contributed by atoms with Crippen molar-refractivity contribution >= 4 is 23.2 Å². The van der Waals surface area contributed by atoms with Crippen LogP contribution in [-0.4, -0.2) is 25.5 Å². The van der Waals surface area contributed by atoms with Gasteiger partial charge >= 0.3 is 6.18 Å². The Morgan fingerprint density at radius 2 is 2.16 bits per heavy atom. The maximum absolute atomic E-state index is 12.9. The third kappa shape index (κ3) is 3.81. The molecule has 1 aliphatic carbocycles. The lowest BCUT2D eigenvalue weighted by Gasteiger charge is -2.13. The summed E-state index contributed by atoms with van der Waals surface area (Å²) < 4.78 is 41.4. The first-order valence-electron chi connectivity index (χ1n) is 7.82. The number of anilines is 1. The van der Waals surface area contributed by atoms with Gasteiger partial charge in [-0.3, -0.25) is 14.2 Å². The van der Waals surface area contributed by atoms with Crippen LogP contribution in [0.25, 0.3) is 0 Å². The minimum atomic E-state index is -4.67. The van der Waals surface area contributed by atoms with Gasteiger partial charge in [-0.2, -0.15) is 23.4 Å². The molecular formula is C15H17ClF3N5O. The number of carbonyl (C=O) groups is 1. The molecule has 1 amide bonds. The van der Waals surface area contributed by atoms with Crippen molar-refractivity contribution in [1.82, 2.24) is 19.6 Å². The molecule has 2 aromatic rings. The average Bonchev–Trinajstić information content (AvgIpc) is 3.14. The van der Waals surface area contributed by atoms with Gasteiger partial charge in [0.1, 0.15) is 6.04 Å². The van der Waals surface area contributed by atoms with Crippen molar-refractivity contribution in [3.63, 3.8) is 0 Å². The summed E-state index contributed by atoms with van der Waals surface area (Å²) in [6.45, 7) is 3.65. The summed E-state index contributed by atoms with van der Waals surface area (Å²) in [7, 11) is 0. The van der Waals surface area contributed by atoms with E-state index in [0.29, 0.717) is 11.6 Å². The molecule has 0 spiro atoms. The monoisotopic (exact) mass is 375 g/mol. The van der Waals surface area contributed by atoms with Crippen molar-refractivity contribution in [1.29, 1.82) is 0 Å². The van der Waals surface area contributed by atoms with Crippen LogP contribution in [0, 0.1) is 12.8 Å². The SMILES string of the molecule is Cc1c(Cl)c(C(F)(F)F)nn1C(C)C(=O)Nc1cnn(CC2CC2)c1. The standard InChI is InChI=1S/C15H17ClF3N5O/c1-8-12(16)13(15(17,18)19)22-24(8)9(2)14(25)21-11-5-20-23(7-11)6-10-3-4-10/h5,7,9-10H,3-4,6H2,1-2H3,(H,21,25). The average molecular weight is 376 g/mol. The van der Waals surface area contributed by atoms with Crippen LogP contribution in [0.15, 0.2) is 12.4 Å². The molecule has 10 heteroatoms. The number of amides is 1. The van der Waals surface area contributed by atoms with E-state index in [4.69, 9.17) is 11.6 Å². The lowest BCUT2D eigenvalue weighted by atomic mass is 10.3. The molecule has 6 nitrogen and oxygen atoms in total. The third-order valence-electron chi connectivity index (χ3n) is 4.13. The van der Waals surface area contributed by atoms with Crippen molar-refractivity contribution in [3.05, 3.63) is 28.8 Å². The summed E-state index contributed by atoms with van der Waals surface area (Å²) in [4.78, 5) is 12.3. The molecule has 0 bridgehead atoms. The highest BCUT2D eigenvalue weighted by atomic mass is 35.5. The molecule has 1 fully saturated rings. The molecule has 1 saturated carbocycles. The lowest BCUT2D eigenvalue weighted by Crippen LogP contribution is -2.25. The minimum Gasteiger partial charge on any atom is -0.322 e. The summed E-state index contributed by atoms with van der Waals surface area (Å²) in [5, 5.41) is 9.78. The van der Waals surface area contributed by atoms with Gasteiger partial charge in [0, 0.05) is 12.7 Å². The highest BCUT2D eigenvalue weighted by molar-refractivity contribution is 6.32. The maximum atomic E-state index is 12.9. The summed E-state index contributed by atoms with van der Waals surface area (Å²) >= 11 is 5.72. The Labute approximate surface area is 146 Å². The van der Waals surface area contributed by atoms with Gasteiger partial charge in [0.05, 0.1) is 22.6 Å². The van der Waals surface area contributed by atoms with Gasteiger partial charge in [-0.25, -0.2) is 0 Å². The molecule has 1 N–H and O–H groups in total. The van der Waals surface area contributed by atoms with Gasteiger partial charge in [0.25, 0.3) is 0 Å². The number of alkyl halides is 3. The first kappa shape index (κ1) is 17.8. The Morgan fingerprint density at radius 3 is 2.72 bits per heavy atom. The van der Waals surface area contributed by atoms with Crippen LogP contribution in [0.1, 0.15) is 37.2 Å². The van der Waals surface area contributed by atoms with Crippen molar-refractivity contribution in [2.45, 2.75) is 45.5 Å². The van der Waals surface area contributed by atoms with Crippen LogP contribution in [-0.2, 0) is 17.5 Å². The van der Waals surface area contributed by atoms with Crippen molar-refractivity contribution in [3.8, 4) is 0 Å². The van der Waals surface area contributed by atoms with E-state index in [2.05, 4.69) is 15.5 Å². The Bertz CT molecular complexity index is 794. The van der Waals surface area contributed by atoms with Gasteiger partial charge in [-0.15, -0.1) is 0 Å².